The highest BCUT2D eigenvalue weighted by molar-refractivity contribution is 5.80. The van der Waals surface area contributed by atoms with E-state index in [9.17, 15) is 9.59 Å². The number of ketones is 1. The van der Waals surface area contributed by atoms with Crippen molar-refractivity contribution < 1.29 is 14.3 Å². The molecule has 0 saturated carbocycles. The number of ether oxygens (including phenoxy) is 1. The van der Waals surface area contributed by atoms with Gasteiger partial charge in [-0.25, -0.2) is 0 Å². The Labute approximate surface area is 116 Å². The molecule has 0 aromatic carbocycles. The first kappa shape index (κ1) is 18.1. The number of carbonyl (C=O) groups excluding carboxylic acids is 2. The molecule has 0 saturated heterocycles. The molecule has 5 nitrogen and oxygen atoms in total. The van der Waals surface area contributed by atoms with Crippen molar-refractivity contribution in [1.29, 1.82) is 0 Å². The van der Waals surface area contributed by atoms with E-state index < -0.39 is 0 Å². The molecule has 0 bridgehead atoms. The van der Waals surface area contributed by atoms with E-state index in [1.807, 2.05) is 20.9 Å². The summed E-state index contributed by atoms with van der Waals surface area (Å²) < 4.78 is 5.37. The zero-order valence-corrected chi connectivity index (χ0v) is 12.5. The van der Waals surface area contributed by atoms with Gasteiger partial charge in [0.25, 0.3) is 0 Å². The number of amides is 1. The maximum atomic E-state index is 11.3. The molecule has 0 aliphatic carbocycles. The molecule has 0 radical (unpaired) electrons. The molecule has 0 aromatic rings. The quantitative estimate of drug-likeness (QED) is 0.523. The number of hydrogen-bond acceptors (Lipinski definition) is 4. The van der Waals surface area contributed by atoms with Crippen LogP contribution in [-0.4, -0.2) is 45.0 Å². The van der Waals surface area contributed by atoms with E-state index in [1.165, 1.54) is 0 Å². The fourth-order valence-corrected chi connectivity index (χ4v) is 1.47. The van der Waals surface area contributed by atoms with Crippen LogP contribution in [0.3, 0.4) is 0 Å². The van der Waals surface area contributed by atoms with E-state index in [0.29, 0.717) is 38.4 Å². The van der Waals surface area contributed by atoms with E-state index in [0.717, 1.165) is 19.4 Å². The first-order valence-corrected chi connectivity index (χ1v) is 7.09. The van der Waals surface area contributed by atoms with Gasteiger partial charge in [0, 0.05) is 38.5 Å². The molecule has 0 aliphatic heterocycles. The number of unbranched alkanes of at least 4 members (excludes halogenated alkanes) is 1. The molecule has 0 aromatic heterocycles. The highest BCUT2D eigenvalue weighted by Crippen LogP contribution is 2.04. The van der Waals surface area contributed by atoms with Gasteiger partial charge in [0.05, 0.1) is 6.61 Å². The molecular weight excluding hydrogens is 244 g/mol. The smallest absolute Gasteiger partial charge is 0.222 e. The number of Topliss-reactive ketones (excluding diaryl/α,β-unsaturated/α-hetero) is 1. The van der Waals surface area contributed by atoms with Gasteiger partial charge in [0.2, 0.25) is 5.91 Å². The van der Waals surface area contributed by atoms with E-state index in [4.69, 9.17) is 4.74 Å². The standard InChI is InChI=1S/C14H28N2O3/c1-12(2)13(17)6-4-5-10-19-11-7-14(18)16-9-8-15-3/h12,15H,4-11H2,1-3H3,(H,16,18). The summed E-state index contributed by atoms with van der Waals surface area (Å²) >= 11 is 0. The predicted molar refractivity (Wildman–Crippen MR) is 76.1 cm³/mol. The van der Waals surface area contributed by atoms with Crippen molar-refractivity contribution in [2.75, 3.05) is 33.4 Å². The van der Waals surface area contributed by atoms with Gasteiger partial charge < -0.3 is 15.4 Å². The van der Waals surface area contributed by atoms with E-state index in [1.54, 1.807) is 0 Å². The van der Waals surface area contributed by atoms with Crippen molar-refractivity contribution in [3.63, 3.8) is 0 Å². The molecule has 0 atom stereocenters. The van der Waals surface area contributed by atoms with Crippen LogP contribution in [0.2, 0.25) is 0 Å². The number of likely N-dealkylation sites (N-methyl/N-ethyl adjacent to an activating group) is 1. The van der Waals surface area contributed by atoms with Crippen LogP contribution in [0.5, 0.6) is 0 Å². The van der Waals surface area contributed by atoms with Crippen LogP contribution in [-0.2, 0) is 14.3 Å². The third-order valence-electron chi connectivity index (χ3n) is 2.78. The summed E-state index contributed by atoms with van der Waals surface area (Å²) in [6.45, 7) is 6.33. The maximum absolute atomic E-state index is 11.3. The van der Waals surface area contributed by atoms with Crippen molar-refractivity contribution in [1.82, 2.24) is 10.6 Å². The van der Waals surface area contributed by atoms with Gasteiger partial charge in [-0.3, -0.25) is 9.59 Å². The lowest BCUT2D eigenvalue weighted by Gasteiger charge is -2.06. The molecule has 0 aliphatic rings. The van der Waals surface area contributed by atoms with Crippen LogP contribution < -0.4 is 10.6 Å². The fraction of sp³-hybridized carbons (Fsp3) is 0.857. The molecule has 19 heavy (non-hydrogen) atoms. The van der Waals surface area contributed by atoms with Crippen molar-refractivity contribution in [3.8, 4) is 0 Å². The number of nitrogens with one attached hydrogen (secondary N) is 2. The molecule has 0 unspecified atom stereocenters. The Morgan fingerprint density at radius 3 is 2.42 bits per heavy atom. The van der Waals surface area contributed by atoms with Crippen LogP contribution in [0.4, 0.5) is 0 Å². The van der Waals surface area contributed by atoms with Gasteiger partial charge in [-0.05, 0) is 19.9 Å². The minimum Gasteiger partial charge on any atom is -0.381 e. The minimum atomic E-state index is 0.0187. The molecule has 2 N–H and O–H groups in total. The summed E-state index contributed by atoms with van der Waals surface area (Å²) in [5.41, 5.74) is 0. The highest BCUT2D eigenvalue weighted by Gasteiger charge is 2.06. The zero-order valence-electron chi connectivity index (χ0n) is 12.5. The largest absolute Gasteiger partial charge is 0.381 e. The van der Waals surface area contributed by atoms with Crippen LogP contribution in [0.25, 0.3) is 0 Å². The Morgan fingerprint density at radius 2 is 1.79 bits per heavy atom. The SMILES string of the molecule is CNCCNC(=O)CCOCCCCC(=O)C(C)C. The Bertz CT molecular complexity index is 255. The van der Waals surface area contributed by atoms with Crippen molar-refractivity contribution in [2.45, 2.75) is 39.5 Å². The van der Waals surface area contributed by atoms with Crippen molar-refractivity contribution in [2.24, 2.45) is 5.92 Å². The summed E-state index contributed by atoms with van der Waals surface area (Å²) in [6, 6.07) is 0. The van der Waals surface area contributed by atoms with Crippen LogP contribution >= 0.6 is 0 Å². The monoisotopic (exact) mass is 272 g/mol. The molecular formula is C14H28N2O3. The van der Waals surface area contributed by atoms with E-state index >= 15 is 0 Å². The summed E-state index contributed by atoms with van der Waals surface area (Å²) in [5, 5.41) is 5.74. The highest BCUT2D eigenvalue weighted by atomic mass is 16.5. The molecule has 5 heteroatoms. The average molecular weight is 272 g/mol. The lowest BCUT2D eigenvalue weighted by molar-refractivity contribution is -0.122. The Kier molecular flexibility index (Phi) is 11.5. The summed E-state index contributed by atoms with van der Waals surface area (Å²) in [4.78, 5) is 22.7. The first-order chi connectivity index (χ1) is 9.07. The molecule has 0 rings (SSSR count). The number of hydrogen-bond donors (Lipinski definition) is 2. The first-order valence-electron chi connectivity index (χ1n) is 7.09. The number of rotatable bonds is 12. The second kappa shape index (κ2) is 12.1. The van der Waals surface area contributed by atoms with Gasteiger partial charge in [-0.1, -0.05) is 13.8 Å². The van der Waals surface area contributed by atoms with Crippen LogP contribution in [0.15, 0.2) is 0 Å². The second-order valence-corrected chi connectivity index (χ2v) is 4.89. The third-order valence-corrected chi connectivity index (χ3v) is 2.78. The molecule has 112 valence electrons. The Hall–Kier alpha value is -0.940. The third kappa shape index (κ3) is 11.9. The van der Waals surface area contributed by atoms with Crippen LogP contribution in [0.1, 0.15) is 39.5 Å². The topological polar surface area (TPSA) is 67.4 Å². The fourth-order valence-electron chi connectivity index (χ4n) is 1.47. The minimum absolute atomic E-state index is 0.0187. The second-order valence-electron chi connectivity index (χ2n) is 4.89. The normalized spacial score (nSPS) is 10.7. The number of carbonyl (C=O) groups is 2. The summed E-state index contributed by atoms with van der Waals surface area (Å²) in [6.07, 6.45) is 2.77. The van der Waals surface area contributed by atoms with Crippen LogP contribution in [0, 0.1) is 5.92 Å². The molecule has 0 fully saturated rings. The summed E-state index contributed by atoms with van der Waals surface area (Å²) in [7, 11) is 1.85. The Morgan fingerprint density at radius 1 is 1.05 bits per heavy atom. The molecule has 0 heterocycles. The van der Waals surface area contributed by atoms with Crippen molar-refractivity contribution in [3.05, 3.63) is 0 Å². The van der Waals surface area contributed by atoms with Gasteiger partial charge in [-0.2, -0.15) is 0 Å². The maximum Gasteiger partial charge on any atom is 0.222 e. The van der Waals surface area contributed by atoms with E-state index in [2.05, 4.69) is 10.6 Å². The predicted octanol–water partition coefficient (Wildman–Crippen LogP) is 1.12. The molecule has 0 spiro atoms. The molecule has 1 amide bonds. The summed E-state index contributed by atoms with van der Waals surface area (Å²) in [5.74, 6) is 0.455. The Balaban J connectivity index is 3.27. The lowest BCUT2D eigenvalue weighted by atomic mass is 10.0. The average Bonchev–Trinajstić information content (AvgIpc) is 2.37. The van der Waals surface area contributed by atoms with Gasteiger partial charge in [0.1, 0.15) is 5.78 Å². The van der Waals surface area contributed by atoms with Gasteiger partial charge in [-0.15, -0.1) is 0 Å². The van der Waals surface area contributed by atoms with Gasteiger partial charge in [0.15, 0.2) is 0 Å². The van der Waals surface area contributed by atoms with E-state index in [-0.39, 0.29) is 11.8 Å². The zero-order chi connectivity index (χ0) is 14.5. The van der Waals surface area contributed by atoms with Crippen molar-refractivity contribution >= 4 is 11.7 Å². The lowest BCUT2D eigenvalue weighted by Crippen LogP contribution is -2.30. The van der Waals surface area contributed by atoms with Gasteiger partial charge >= 0.3 is 0 Å².